The minimum atomic E-state index is 0.615. The second kappa shape index (κ2) is 9.75. The van der Waals surface area contributed by atoms with Crippen LogP contribution in [-0.4, -0.2) is 22.4 Å². The van der Waals surface area contributed by atoms with Crippen LogP contribution in [-0.2, 0) is 5.75 Å². The Hall–Kier alpha value is -1.30. The summed E-state index contributed by atoms with van der Waals surface area (Å²) in [6.07, 6.45) is 2.87. The number of hydrogen-bond donors (Lipinski definition) is 2. The molecule has 0 atom stereocenters. The van der Waals surface area contributed by atoms with Gasteiger partial charge >= 0.3 is 0 Å². The van der Waals surface area contributed by atoms with Crippen LogP contribution in [0.25, 0.3) is 0 Å². The van der Waals surface area contributed by atoms with Crippen LogP contribution in [0.2, 0.25) is 5.02 Å². The maximum absolute atomic E-state index is 5.87. The standard InChI is InChI=1S/C17H20ClN3S2/c1-13-3-8-16(20-11-13)21-17(22)19-9-2-10-23-12-14-4-6-15(18)7-5-14/h3-8,11H,2,9-10,12H2,1H3,(H2,19,20,21,22). The first kappa shape index (κ1) is 18.0. The van der Waals surface area contributed by atoms with Crippen molar-refractivity contribution in [1.82, 2.24) is 10.3 Å². The summed E-state index contributed by atoms with van der Waals surface area (Å²) in [5, 5.41) is 7.68. The van der Waals surface area contributed by atoms with Crippen molar-refractivity contribution < 1.29 is 0 Å². The monoisotopic (exact) mass is 365 g/mol. The molecule has 2 aromatic rings. The zero-order valence-corrected chi connectivity index (χ0v) is 15.4. The van der Waals surface area contributed by atoms with Gasteiger partial charge in [0.2, 0.25) is 0 Å². The van der Waals surface area contributed by atoms with Gasteiger partial charge in [0.15, 0.2) is 5.11 Å². The van der Waals surface area contributed by atoms with Crippen molar-refractivity contribution >= 4 is 46.5 Å². The Kier molecular flexibility index (Phi) is 7.65. The number of aromatic nitrogens is 1. The summed E-state index contributed by atoms with van der Waals surface area (Å²) in [5.41, 5.74) is 2.43. The fourth-order valence-corrected chi connectivity index (χ4v) is 3.10. The van der Waals surface area contributed by atoms with Crippen molar-refractivity contribution in [2.75, 3.05) is 17.6 Å². The molecule has 0 spiro atoms. The second-order valence-corrected chi connectivity index (χ2v) is 7.08. The van der Waals surface area contributed by atoms with Gasteiger partial charge < -0.3 is 10.6 Å². The third-order valence-corrected chi connectivity index (χ3v) is 4.70. The van der Waals surface area contributed by atoms with Crippen LogP contribution in [0.15, 0.2) is 42.6 Å². The van der Waals surface area contributed by atoms with Crippen LogP contribution < -0.4 is 10.6 Å². The van der Waals surface area contributed by atoms with E-state index >= 15 is 0 Å². The number of benzene rings is 1. The van der Waals surface area contributed by atoms with Gasteiger partial charge in [0.1, 0.15) is 5.82 Å². The van der Waals surface area contributed by atoms with E-state index in [2.05, 4.69) is 27.8 Å². The average Bonchev–Trinajstić information content (AvgIpc) is 2.54. The molecule has 122 valence electrons. The highest BCUT2D eigenvalue weighted by molar-refractivity contribution is 7.98. The molecule has 3 nitrogen and oxygen atoms in total. The first-order chi connectivity index (χ1) is 11.1. The van der Waals surface area contributed by atoms with Gasteiger partial charge in [0.05, 0.1) is 0 Å². The van der Waals surface area contributed by atoms with E-state index in [1.807, 2.05) is 49.1 Å². The number of thioether (sulfide) groups is 1. The predicted octanol–water partition coefficient (Wildman–Crippen LogP) is 4.65. The summed E-state index contributed by atoms with van der Waals surface area (Å²) in [6, 6.07) is 11.9. The van der Waals surface area contributed by atoms with Crippen molar-refractivity contribution in [2.24, 2.45) is 0 Å². The van der Waals surface area contributed by atoms with E-state index in [0.29, 0.717) is 5.11 Å². The molecule has 0 fully saturated rings. The molecule has 0 aliphatic heterocycles. The van der Waals surface area contributed by atoms with E-state index < -0.39 is 0 Å². The van der Waals surface area contributed by atoms with Gasteiger partial charge in [-0.25, -0.2) is 4.98 Å². The summed E-state index contributed by atoms with van der Waals surface area (Å²) in [7, 11) is 0. The average molecular weight is 366 g/mol. The van der Waals surface area contributed by atoms with Crippen LogP contribution in [0.4, 0.5) is 5.82 Å². The molecule has 23 heavy (non-hydrogen) atoms. The fourth-order valence-electron chi connectivity index (χ4n) is 1.85. The molecule has 0 radical (unpaired) electrons. The molecule has 0 saturated carbocycles. The van der Waals surface area contributed by atoms with Crippen LogP contribution in [0, 0.1) is 6.92 Å². The quantitative estimate of drug-likeness (QED) is 0.551. The third-order valence-electron chi connectivity index (χ3n) is 3.09. The number of rotatable bonds is 7. The molecule has 6 heteroatoms. The number of nitrogens with one attached hydrogen (secondary N) is 2. The molecule has 2 N–H and O–H groups in total. The van der Waals surface area contributed by atoms with Crippen LogP contribution in [0.1, 0.15) is 17.5 Å². The first-order valence-corrected chi connectivity index (χ1v) is 9.37. The molecule has 1 heterocycles. The third kappa shape index (κ3) is 7.20. The predicted molar refractivity (Wildman–Crippen MR) is 105 cm³/mol. The van der Waals surface area contributed by atoms with Gasteiger partial charge in [0.25, 0.3) is 0 Å². The van der Waals surface area contributed by atoms with E-state index in [-0.39, 0.29) is 0 Å². The Bertz CT molecular complexity index is 615. The maximum atomic E-state index is 5.87. The summed E-state index contributed by atoms with van der Waals surface area (Å²) < 4.78 is 0. The highest BCUT2D eigenvalue weighted by Gasteiger charge is 1.99. The minimum Gasteiger partial charge on any atom is -0.362 e. The van der Waals surface area contributed by atoms with Gasteiger partial charge in [-0.1, -0.05) is 29.8 Å². The fraction of sp³-hybridized carbons (Fsp3) is 0.294. The minimum absolute atomic E-state index is 0.615. The number of aryl methyl sites for hydroxylation is 1. The van der Waals surface area contributed by atoms with E-state index in [1.54, 1.807) is 0 Å². The van der Waals surface area contributed by atoms with Crippen LogP contribution >= 0.6 is 35.6 Å². The van der Waals surface area contributed by atoms with Crippen molar-refractivity contribution in [2.45, 2.75) is 19.1 Å². The Morgan fingerprint density at radius 2 is 2.00 bits per heavy atom. The maximum Gasteiger partial charge on any atom is 0.171 e. The Balaban J connectivity index is 1.55. The molecule has 0 bridgehead atoms. The van der Waals surface area contributed by atoms with Gasteiger partial charge in [0, 0.05) is 23.5 Å². The first-order valence-electron chi connectivity index (χ1n) is 7.43. The molecule has 1 aromatic carbocycles. The number of halogens is 1. The Morgan fingerprint density at radius 1 is 1.22 bits per heavy atom. The molecule has 0 amide bonds. The van der Waals surface area contributed by atoms with Crippen molar-refractivity contribution in [3.05, 3.63) is 58.7 Å². The SMILES string of the molecule is Cc1ccc(NC(=S)NCCCSCc2ccc(Cl)cc2)nc1. The van der Waals surface area contributed by atoms with Crippen molar-refractivity contribution in [3.8, 4) is 0 Å². The number of hydrogen-bond acceptors (Lipinski definition) is 3. The number of thiocarbonyl (C=S) groups is 1. The smallest absolute Gasteiger partial charge is 0.171 e. The van der Waals surface area contributed by atoms with Gasteiger partial charge in [-0.2, -0.15) is 11.8 Å². The van der Waals surface area contributed by atoms with E-state index in [1.165, 1.54) is 5.56 Å². The van der Waals surface area contributed by atoms with Crippen molar-refractivity contribution in [1.29, 1.82) is 0 Å². The molecule has 0 unspecified atom stereocenters. The molecule has 0 aliphatic rings. The Morgan fingerprint density at radius 3 is 2.70 bits per heavy atom. The van der Waals surface area contributed by atoms with Crippen molar-refractivity contribution in [3.63, 3.8) is 0 Å². The zero-order valence-electron chi connectivity index (χ0n) is 13.0. The normalized spacial score (nSPS) is 10.3. The highest BCUT2D eigenvalue weighted by Crippen LogP contribution is 2.15. The number of nitrogens with zero attached hydrogens (tertiary/aromatic N) is 1. The molecular formula is C17H20ClN3S2. The van der Waals surface area contributed by atoms with Crippen LogP contribution in [0.5, 0.6) is 0 Å². The topological polar surface area (TPSA) is 37.0 Å². The van der Waals surface area contributed by atoms with Crippen LogP contribution in [0.3, 0.4) is 0 Å². The summed E-state index contributed by atoms with van der Waals surface area (Å²) in [4.78, 5) is 4.26. The summed E-state index contributed by atoms with van der Waals surface area (Å²) in [5.74, 6) is 2.86. The summed E-state index contributed by atoms with van der Waals surface area (Å²) >= 11 is 13.0. The largest absolute Gasteiger partial charge is 0.362 e. The van der Waals surface area contributed by atoms with Gasteiger partial charge in [-0.15, -0.1) is 0 Å². The molecule has 0 aliphatic carbocycles. The van der Waals surface area contributed by atoms with E-state index in [9.17, 15) is 0 Å². The van der Waals surface area contributed by atoms with E-state index in [4.69, 9.17) is 23.8 Å². The van der Waals surface area contributed by atoms with E-state index in [0.717, 1.165) is 40.9 Å². The lowest BCUT2D eigenvalue weighted by atomic mass is 10.2. The molecule has 2 rings (SSSR count). The lowest BCUT2D eigenvalue weighted by molar-refractivity contribution is 0.854. The second-order valence-electron chi connectivity index (χ2n) is 5.13. The number of pyridine rings is 1. The van der Waals surface area contributed by atoms with Gasteiger partial charge in [-0.05, 0) is 60.6 Å². The highest BCUT2D eigenvalue weighted by atomic mass is 35.5. The molecular weight excluding hydrogens is 346 g/mol. The summed E-state index contributed by atoms with van der Waals surface area (Å²) in [6.45, 7) is 2.86. The lowest BCUT2D eigenvalue weighted by Gasteiger charge is -2.10. The van der Waals surface area contributed by atoms with Gasteiger partial charge in [-0.3, -0.25) is 0 Å². The zero-order chi connectivity index (χ0) is 16.5. The lowest BCUT2D eigenvalue weighted by Crippen LogP contribution is -2.29. The molecule has 0 saturated heterocycles. The molecule has 1 aromatic heterocycles. The number of anilines is 1. The Labute approximate surface area is 152 Å².